The smallest absolute Gasteiger partial charge is 0.404 e. The van der Waals surface area contributed by atoms with Gasteiger partial charge in [0.1, 0.15) is 0 Å². The third-order valence-electron chi connectivity index (χ3n) is 11.0. The lowest BCUT2D eigenvalue weighted by molar-refractivity contribution is -0.203. The van der Waals surface area contributed by atoms with Crippen LogP contribution in [0.1, 0.15) is 85.5 Å². The van der Waals surface area contributed by atoms with Gasteiger partial charge in [0.15, 0.2) is 0 Å². The molecule has 4 fully saturated rings. The molecule has 0 saturated heterocycles. The van der Waals surface area contributed by atoms with Gasteiger partial charge in [0.25, 0.3) is 0 Å². The highest BCUT2D eigenvalue weighted by Gasteiger charge is 2.64. The van der Waals surface area contributed by atoms with E-state index in [-0.39, 0.29) is 23.0 Å². The van der Waals surface area contributed by atoms with E-state index in [0.717, 1.165) is 32.1 Å². The first-order valence-electron chi connectivity index (χ1n) is 12.9. The molecule has 0 radical (unpaired) electrons. The number of amides is 1. The van der Waals surface area contributed by atoms with Crippen LogP contribution < -0.4 is 5.73 Å². The number of ether oxygens (including phenoxy) is 1. The van der Waals surface area contributed by atoms with Crippen molar-refractivity contribution in [3.63, 3.8) is 0 Å². The number of primary amides is 1. The Hall–Kier alpha value is -0.810. The van der Waals surface area contributed by atoms with Gasteiger partial charge in [0, 0.05) is 0 Å². The summed E-state index contributed by atoms with van der Waals surface area (Å²) in [6.07, 6.45) is 8.52. The van der Waals surface area contributed by atoms with Crippen LogP contribution in [0.2, 0.25) is 0 Å². The fourth-order valence-electron chi connectivity index (χ4n) is 9.48. The van der Waals surface area contributed by atoms with Gasteiger partial charge in [-0.25, -0.2) is 4.79 Å². The predicted octanol–water partition coefficient (Wildman–Crippen LogP) is 4.73. The Morgan fingerprint density at radius 1 is 1.06 bits per heavy atom. The van der Waals surface area contributed by atoms with Crippen LogP contribution in [0.25, 0.3) is 0 Å². The van der Waals surface area contributed by atoms with Crippen molar-refractivity contribution in [1.29, 1.82) is 0 Å². The van der Waals surface area contributed by atoms with E-state index in [1.807, 2.05) is 0 Å². The average Bonchev–Trinajstić information content (AvgIpc) is 3.06. The number of aliphatic hydroxyl groups excluding tert-OH is 2. The van der Waals surface area contributed by atoms with Crippen molar-refractivity contribution in [2.45, 2.75) is 97.7 Å². The molecule has 0 aromatic carbocycles. The molecule has 0 aromatic heterocycles. The Kier molecular flexibility index (Phi) is 6.42. The van der Waals surface area contributed by atoms with Crippen LogP contribution in [-0.4, -0.2) is 35.1 Å². The van der Waals surface area contributed by atoms with E-state index in [2.05, 4.69) is 27.7 Å². The highest BCUT2D eigenvalue weighted by molar-refractivity contribution is 5.64. The first-order chi connectivity index (χ1) is 14.6. The summed E-state index contributed by atoms with van der Waals surface area (Å²) in [4.78, 5) is 11.0. The number of carbonyl (C=O) groups excluding carboxylic acids is 1. The van der Waals surface area contributed by atoms with Crippen molar-refractivity contribution >= 4 is 6.09 Å². The molecule has 0 spiro atoms. The number of aliphatic hydroxyl groups is 2. The summed E-state index contributed by atoms with van der Waals surface area (Å²) in [5.74, 6) is 3.40. The van der Waals surface area contributed by atoms with Gasteiger partial charge >= 0.3 is 6.09 Å². The maximum absolute atomic E-state index is 11.7. The number of hydrogen-bond acceptors (Lipinski definition) is 4. The SMILES string of the molecule is CC[C@H]1[C@@H](O)C2[C@@H]3CC[C@H]([C@H](C)CCOC(N)=O)C3(C)CC[C@@H]2[C@]2(C)CC[C@@H](O)C[C@@H]12. The lowest BCUT2D eigenvalue weighted by atomic mass is 9.41. The van der Waals surface area contributed by atoms with Gasteiger partial charge < -0.3 is 20.7 Å². The van der Waals surface area contributed by atoms with Crippen LogP contribution in [-0.2, 0) is 4.74 Å². The van der Waals surface area contributed by atoms with Crippen molar-refractivity contribution in [2.24, 2.45) is 58.0 Å². The minimum absolute atomic E-state index is 0.191. The molecular weight excluding hydrogens is 390 g/mol. The fourth-order valence-corrected chi connectivity index (χ4v) is 9.48. The Morgan fingerprint density at radius 2 is 1.74 bits per heavy atom. The fraction of sp³-hybridized carbons (Fsp3) is 0.962. The molecule has 0 bridgehead atoms. The Balaban J connectivity index is 1.57. The topological polar surface area (TPSA) is 92.8 Å². The van der Waals surface area contributed by atoms with Crippen LogP contribution in [0.5, 0.6) is 0 Å². The zero-order valence-electron chi connectivity index (χ0n) is 20.1. The van der Waals surface area contributed by atoms with Crippen LogP contribution in [0, 0.1) is 52.3 Å². The zero-order valence-corrected chi connectivity index (χ0v) is 20.1. The number of hydrogen-bond donors (Lipinski definition) is 3. The van der Waals surface area contributed by atoms with E-state index in [9.17, 15) is 15.0 Å². The number of rotatable bonds is 5. The average molecular weight is 436 g/mol. The summed E-state index contributed by atoms with van der Waals surface area (Å²) in [7, 11) is 0. The van der Waals surface area contributed by atoms with Crippen LogP contribution >= 0.6 is 0 Å². The summed E-state index contributed by atoms with van der Waals surface area (Å²) in [5.41, 5.74) is 5.66. The first kappa shape index (κ1) is 23.4. The third kappa shape index (κ3) is 3.72. The molecule has 11 atom stereocenters. The quantitative estimate of drug-likeness (QED) is 0.582. The summed E-state index contributed by atoms with van der Waals surface area (Å²) in [5, 5.41) is 22.2. The second-order valence-electron chi connectivity index (χ2n) is 12.1. The maximum Gasteiger partial charge on any atom is 0.404 e. The number of nitrogens with two attached hydrogens (primary N) is 1. The van der Waals surface area contributed by atoms with Crippen LogP contribution in [0.15, 0.2) is 0 Å². The van der Waals surface area contributed by atoms with E-state index in [1.165, 1.54) is 25.7 Å². The lowest BCUT2D eigenvalue weighted by Gasteiger charge is -2.64. The highest BCUT2D eigenvalue weighted by Crippen LogP contribution is 2.69. The number of fused-ring (bicyclic) bond motifs is 5. The van der Waals surface area contributed by atoms with Crippen molar-refractivity contribution in [1.82, 2.24) is 0 Å². The molecule has 5 heteroatoms. The predicted molar refractivity (Wildman–Crippen MR) is 121 cm³/mol. The Bertz CT molecular complexity index is 670. The second-order valence-corrected chi connectivity index (χ2v) is 12.1. The third-order valence-corrected chi connectivity index (χ3v) is 11.0. The van der Waals surface area contributed by atoms with Gasteiger partial charge in [-0.05, 0) is 104 Å². The molecule has 4 aliphatic carbocycles. The molecule has 2 unspecified atom stereocenters. The molecule has 0 heterocycles. The van der Waals surface area contributed by atoms with E-state index >= 15 is 0 Å². The minimum Gasteiger partial charge on any atom is -0.450 e. The van der Waals surface area contributed by atoms with Gasteiger partial charge in [0.2, 0.25) is 0 Å². The first-order valence-corrected chi connectivity index (χ1v) is 12.9. The van der Waals surface area contributed by atoms with E-state index in [0.29, 0.717) is 48.0 Å². The van der Waals surface area contributed by atoms with Crippen molar-refractivity contribution in [3.05, 3.63) is 0 Å². The molecule has 31 heavy (non-hydrogen) atoms. The van der Waals surface area contributed by atoms with Gasteiger partial charge in [-0.15, -0.1) is 0 Å². The normalized spacial score (nSPS) is 50.1. The highest BCUT2D eigenvalue weighted by atomic mass is 16.5. The van der Waals surface area contributed by atoms with Gasteiger partial charge in [-0.1, -0.05) is 34.1 Å². The molecule has 4 saturated carbocycles. The molecule has 4 rings (SSSR count). The molecule has 1 amide bonds. The molecule has 4 N–H and O–H groups in total. The monoisotopic (exact) mass is 435 g/mol. The Morgan fingerprint density at radius 3 is 2.42 bits per heavy atom. The standard InChI is InChI=1S/C26H45NO4/c1-5-17-21-14-16(28)8-11-26(21,4)20-9-12-25(3)18(15(2)10-13-31-24(27)30)6-7-19(25)22(20)23(17)29/h15-23,28-29H,5-14H2,1-4H3,(H2,27,30)/t15-,16-,17-,18-,19+,20+,21+,22?,23-,25?,26+/m1/s1. The molecule has 178 valence electrons. The van der Waals surface area contributed by atoms with E-state index < -0.39 is 6.09 Å². The van der Waals surface area contributed by atoms with Gasteiger partial charge in [-0.3, -0.25) is 0 Å². The van der Waals surface area contributed by atoms with E-state index in [4.69, 9.17) is 10.5 Å². The van der Waals surface area contributed by atoms with E-state index in [1.54, 1.807) is 0 Å². The Labute approximate surface area is 188 Å². The molecular formula is C26H45NO4. The molecule has 4 aliphatic rings. The van der Waals surface area contributed by atoms with Crippen LogP contribution in [0.3, 0.4) is 0 Å². The maximum atomic E-state index is 11.7. The summed E-state index contributed by atoms with van der Waals surface area (Å²) < 4.78 is 5.03. The summed E-state index contributed by atoms with van der Waals surface area (Å²) in [6.45, 7) is 9.93. The van der Waals surface area contributed by atoms with Crippen molar-refractivity contribution in [2.75, 3.05) is 6.61 Å². The summed E-state index contributed by atoms with van der Waals surface area (Å²) in [6, 6.07) is 0. The largest absolute Gasteiger partial charge is 0.450 e. The number of carbonyl (C=O) groups is 1. The van der Waals surface area contributed by atoms with Gasteiger partial charge in [0.05, 0.1) is 18.8 Å². The van der Waals surface area contributed by atoms with Gasteiger partial charge in [-0.2, -0.15) is 0 Å². The minimum atomic E-state index is -0.681. The second kappa shape index (κ2) is 8.52. The van der Waals surface area contributed by atoms with Crippen molar-refractivity contribution in [3.8, 4) is 0 Å². The lowest BCUT2D eigenvalue weighted by Crippen LogP contribution is -2.62. The molecule has 0 aliphatic heterocycles. The van der Waals surface area contributed by atoms with Crippen molar-refractivity contribution < 1.29 is 19.7 Å². The zero-order chi connectivity index (χ0) is 22.6. The molecule has 0 aromatic rings. The summed E-state index contributed by atoms with van der Waals surface area (Å²) >= 11 is 0. The molecule has 5 nitrogen and oxygen atoms in total. The van der Waals surface area contributed by atoms with Crippen LogP contribution in [0.4, 0.5) is 4.79 Å².